The smallest absolute Gasteiger partial charge is 0.256 e. The van der Waals surface area contributed by atoms with E-state index in [-0.39, 0.29) is 17.9 Å². The monoisotopic (exact) mass is 391 g/mol. The Morgan fingerprint density at radius 3 is 2.52 bits per heavy atom. The van der Waals surface area contributed by atoms with Gasteiger partial charge in [-0.2, -0.15) is 0 Å². The molecule has 1 heterocycles. The van der Waals surface area contributed by atoms with Gasteiger partial charge in [-0.1, -0.05) is 55.7 Å². The second kappa shape index (κ2) is 9.50. The van der Waals surface area contributed by atoms with Gasteiger partial charge in [-0.05, 0) is 37.5 Å². The Kier molecular flexibility index (Phi) is 6.81. The number of carbonyl (C=O) groups is 2. The predicted octanol–water partition coefficient (Wildman–Crippen LogP) is 4.29. The van der Waals surface area contributed by atoms with Crippen LogP contribution in [0.15, 0.2) is 67.5 Å². The Bertz CT molecular complexity index is 830. The summed E-state index contributed by atoms with van der Waals surface area (Å²) in [5.41, 5.74) is 0.617. The molecule has 1 atom stereocenters. The van der Waals surface area contributed by atoms with Crippen LogP contribution < -0.4 is 5.32 Å². The van der Waals surface area contributed by atoms with Crippen LogP contribution in [0.5, 0.6) is 0 Å². The number of amides is 2. The molecule has 5 heteroatoms. The van der Waals surface area contributed by atoms with E-state index in [0.29, 0.717) is 24.9 Å². The van der Waals surface area contributed by atoms with Crippen molar-refractivity contribution < 1.29 is 9.59 Å². The highest BCUT2D eigenvalue weighted by molar-refractivity contribution is 5.99. The summed E-state index contributed by atoms with van der Waals surface area (Å²) in [4.78, 5) is 33.1. The molecular formula is C24H29N3O2. The molecule has 2 amide bonds. The average molecular weight is 392 g/mol. The zero-order chi connectivity index (χ0) is 20.7. The van der Waals surface area contributed by atoms with Crippen LogP contribution in [0, 0.1) is 0 Å². The number of pyridine rings is 1. The van der Waals surface area contributed by atoms with Gasteiger partial charge in [0.05, 0.1) is 11.6 Å². The van der Waals surface area contributed by atoms with Crippen LogP contribution in [0.4, 0.5) is 0 Å². The zero-order valence-electron chi connectivity index (χ0n) is 17.0. The lowest BCUT2D eigenvalue weighted by Gasteiger charge is -2.48. The molecule has 0 aliphatic heterocycles. The fraction of sp³-hybridized carbons (Fsp3) is 0.375. The largest absolute Gasteiger partial charge is 0.351 e. The molecule has 29 heavy (non-hydrogen) atoms. The van der Waals surface area contributed by atoms with Crippen LogP contribution in [0.3, 0.4) is 0 Å². The molecule has 1 aromatic carbocycles. The van der Waals surface area contributed by atoms with Crippen molar-refractivity contribution in [2.24, 2.45) is 0 Å². The van der Waals surface area contributed by atoms with E-state index in [9.17, 15) is 9.59 Å². The van der Waals surface area contributed by atoms with Crippen LogP contribution in [0.1, 0.15) is 61.0 Å². The lowest BCUT2D eigenvalue weighted by Crippen LogP contribution is -2.62. The van der Waals surface area contributed by atoms with Crippen LogP contribution in [0.25, 0.3) is 0 Å². The van der Waals surface area contributed by atoms with Gasteiger partial charge in [0.2, 0.25) is 5.91 Å². The third kappa shape index (κ3) is 4.39. The van der Waals surface area contributed by atoms with Crippen molar-refractivity contribution >= 4 is 11.8 Å². The normalized spacial score (nSPS) is 16.4. The van der Waals surface area contributed by atoms with Gasteiger partial charge in [0.1, 0.15) is 5.54 Å². The number of hydrogen-bond donors (Lipinski definition) is 1. The Balaban J connectivity index is 2.09. The van der Waals surface area contributed by atoms with Crippen LogP contribution in [-0.2, 0) is 4.79 Å². The first-order chi connectivity index (χ1) is 14.1. The van der Waals surface area contributed by atoms with Crippen molar-refractivity contribution in [2.45, 2.75) is 50.6 Å². The molecule has 1 saturated carbocycles. The zero-order valence-corrected chi connectivity index (χ0v) is 17.0. The maximum Gasteiger partial charge on any atom is 0.256 e. The van der Waals surface area contributed by atoms with Crippen molar-refractivity contribution in [2.75, 3.05) is 6.54 Å². The van der Waals surface area contributed by atoms with Crippen molar-refractivity contribution in [1.82, 2.24) is 15.2 Å². The van der Waals surface area contributed by atoms with Gasteiger partial charge >= 0.3 is 0 Å². The lowest BCUT2D eigenvalue weighted by atomic mass is 9.77. The van der Waals surface area contributed by atoms with Gasteiger partial charge in [0, 0.05) is 18.9 Å². The Labute approximate surface area is 172 Å². The second-order valence-electron chi connectivity index (χ2n) is 7.59. The Hall–Kier alpha value is -2.95. The maximum atomic E-state index is 13.7. The summed E-state index contributed by atoms with van der Waals surface area (Å²) in [5, 5.41) is 2.97. The highest BCUT2D eigenvalue weighted by Gasteiger charge is 2.49. The van der Waals surface area contributed by atoms with Crippen molar-refractivity contribution in [3.05, 3.63) is 78.6 Å². The standard InChI is InChI=1S/C24H29N3O2/c1-3-16-26-23(29)24(14-8-5-9-15-24)27(19(2)20-11-6-4-7-12-20)22(28)21-13-10-17-25-18-21/h3-4,6-7,10-13,17-19H,1,5,8-9,14-16H2,2H3,(H,26,29). The number of carbonyl (C=O) groups excluding carboxylic acids is 2. The molecular weight excluding hydrogens is 362 g/mol. The number of nitrogens with zero attached hydrogens (tertiary/aromatic N) is 2. The molecule has 0 bridgehead atoms. The van der Waals surface area contributed by atoms with Crippen molar-refractivity contribution in [3.63, 3.8) is 0 Å². The van der Waals surface area contributed by atoms with Crippen molar-refractivity contribution in [1.29, 1.82) is 0 Å². The molecule has 2 aromatic rings. The highest BCUT2D eigenvalue weighted by atomic mass is 16.2. The topological polar surface area (TPSA) is 62.3 Å². The van der Waals surface area contributed by atoms with E-state index in [1.807, 2.05) is 37.3 Å². The summed E-state index contributed by atoms with van der Waals surface area (Å²) in [6.45, 7) is 6.09. The molecule has 0 saturated heterocycles. The summed E-state index contributed by atoms with van der Waals surface area (Å²) in [5.74, 6) is -0.262. The summed E-state index contributed by atoms with van der Waals surface area (Å²) in [7, 11) is 0. The second-order valence-corrected chi connectivity index (χ2v) is 7.59. The van der Waals surface area contributed by atoms with Crippen LogP contribution in [-0.4, -0.2) is 33.8 Å². The van der Waals surface area contributed by atoms with E-state index in [0.717, 1.165) is 24.8 Å². The Morgan fingerprint density at radius 1 is 1.17 bits per heavy atom. The van der Waals surface area contributed by atoms with E-state index in [1.54, 1.807) is 35.5 Å². The van der Waals surface area contributed by atoms with E-state index in [2.05, 4.69) is 16.9 Å². The SMILES string of the molecule is C=CCNC(=O)C1(N(C(=O)c2cccnc2)C(C)c2ccccc2)CCCCC1. The first-order valence-electron chi connectivity index (χ1n) is 10.3. The maximum absolute atomic E-state index is 13.7. The molecule has 1 aromatic heterocycles. The molecule has 1 N–H and O–H groups in total. The molecule has 3 rings (SSSR count). The number of nitrogens with one attached hydrogen (secondary N) is 1. The number of aromatic nitrogens is 1. The number of benzene rings is 1. The molecule has 5 nitrogen and oxygen atoms in total. The number of rotatable bonds is 7. The quantitative estimate of drug-likeness (QED) is 0.716. The molecule has 0 spiro atoms. The Morgan fingerprint density at radius 2 is 1.90 bits per heavy atom. The molecule has 1 fully saturated rings. The van der Waals surface area contributed by atoms with Gasteiger partial charge in [0.25, 0.3) is 5.91 Å². The van der Waals surface area contributed by atoms with Gasteiger partial charge in [-0.25, -0.2) is 0 Å². The molecule has 1 aliphatic rings. The van der Waals surface area contributed by atoms with Gasteiger partial charge < -0.3 is 10.2 Å². The molecule has 152 valence electrons. The molecule has 0 radical (unpaired) electrons. The van der Waals surface area contributed by atoms with E-state index >= 15 is 0 Å². The third-order valence-electron chi connectivity index (χ3n) is 5.77. The van der Waals surface area contributed by atoms with E-state index in [4.69, 9.17) is 0 Å². The predicted molar refractivity (Wildman–Crippen MR) is 114 cm³/mol. The van der Waals surface area contributed by atoms with E-state index in [1.165, 1.54) is 0 Å². The summed E-state index contributed by atoms with van der Waals surface area (Å²) < 4.78 is 0. The first-order valence-corrected chi connectivity index (χ1v) is 10.3. The average Bonchev–Trinajstić information content (AvgIpc) is 2.79. The first kappa shape index (κ1) is 20.8. The summed E-state index contributed by atoms with van der Waals surface area (Å²) in [6, 6.07) is 13.2. The number of hydrogen-bond acceptors (Lipinski definition) is 3. The van der Waals surface area contributed by atoms with Crippen LogP contribution >= 0.6 is 0 Å². The van der Waals surface area contributed by atoms with Crippen molar-refractivity contribution in [3.8, 4) is 0 Å². The van der Waals surface area contributed by atoms with Gasteiger partial charge in [-0.15, -0.1) is 6.58 Å². The third-order valence-corrected chi connectivity index (χ3v) is 5.77. The minimum Gasteiger partial charge on any atom is -0.351 e. The van der Waals surface area contributed by atoms with Gasteiger partial charge in [0.15, 0.2) is 0 Å². The minimum absolute atomic E-state index is 0.0999. The molecule has 1 unspecified atom stereocenters. The summed E-state index contributed by atoms with van der Waals surface area (Å²) in [6.07, 6.45) is 9.10. The van der Waals surface area contributed by atoms with Gasteiger partial charge in [-0.3, -0.25) is 14.6 Å². The molecule has 1 aliphatic carbocycles. The van der Waals surface area contributed by atoms with E-state index < -0.39 is 5.54 Å². The minimum atomic E-state index is -0.885. The lowest BCUT2D eigenvalue weighted by molar-refractivity contribution is -0.135. The highest BCUT2D eigenvalue weighted by Crippen LogP contribution is 2.40. The fourth-order valence-corrected chi connectivity index (χ4v) is 4.29. The van der Waals surface area contributed by atoms with Crippen LogP contribution in [0.2, 0.25) is 0 Å². The summed E-state index contributed by atoms with van der Waals surface area (Å²) >= 11 is 0. The fourth-order valence-electron chi connectivity index (χ4n) is 4.29.